The molecule has 0 amide bonds. The Balaban J connectivity index is 1.41. The molecule has 1 aliphatic carbocycles. The number of fused-ring (bicyclic) bond motifs is 2. The molecule has 0 spiro atoms. The Morgan fingerprint density at radius 1 is 0.880 bits per heavy atom. The van der Waals surface area contributed by atoms with Gasteiger partial charge in [0.25, 0.3) is 0 Å². The first kappa shape index (κ1) is 19.4. The quantitative estimate of drug-likeness (QED) is 0.447. The minimum Gasteiger partial charge on any atom is -0.393 e. The van der Waals surface area contributed by atoms with Crippen LogP contribution in [0.3, 0.4) is 0 Å². The van der Waals surface area contributed by atoms with Crippen LogP contribution in [-0.2, 0) is 4.74 Å². The van der Waals surface area contributed by atoms with E-state index in [0.717, 1.165) is 25.2 Å². The fourth-order valence-electron chi connectivity index (χ4n) is 5.62. The Labute approximate surface area is 153 Å². The molecule has 3 nitrogen and oxygen atoms in total. The second kappa shape index (κ2) is 10.1. The minimum atomic E-state index is -0.0799. The van der Waals surface area contributed by atoms with E-state index < -0.39 is 0 Å². The number of aliphatic hydroxyl groups excluding tert-OH is 2. The van der Waals surface area contributed by atoms with E-state index in [1.54, 1.807) is 0 Å². The van der Waals surface area contributed by atoms with Gasteiger partial charge in [0.2, 0.25) is 0 Å². The predicted octanol–water partition coefficient (Wildman–Crippen LogP) is 4.61. The van der Waals surface area contributed by atoms with E-state index in [2.05, 4.69) is 6.08 Å². The van der Waals surface area contributed by atoms with Crippen molar-refractivity contribution in [2.75, 3.05) is 6.61 Å². The maximum Gasteiger partial charge on any atom is 0.0612 e. The van der Waals surface area contributed by atoms with Crippen LogP contribution in [0.1, 0.15) is 83.5 Å². The molecule has 1 saturated carbocycles. The average molecular weight is 351 g/mol. The highest BCUT2D eigenvalue weighted by atomic mass is 16.5. The first-order valence-corrected chi connectivity index (χ1v) is 10.9. The van der Waals surface area contributed by atoms with E-state index in [0.29, 0.717) is 24.0 Å². The van der Waals surface area contributed by atoms with Gasteiger partial charge in [-0.15, -0.1) is 0 Å². The van der Waals surface area contributed by atoms with Crippen molar-refractivity contribution >= 4 is 0 Å². The zero-order valence-electron chi connectivity index (χ0n) is 15.8. The minimum absolute atomic E-state index is 0.0799. The zero-order chi connectivity index (χ0) is 17.5. The summed E-state index contributed by atoms with van der Waals surface area (Å²) in [5.41, 5.74) is 0. The summed E-state index contributed by atoms with van der Waals surface area (Å²) in [4.78, 5) is 0. The first-order chi connectivity index (χ1) is 12.3. The number of ether oxygens (including phenoxy) is 1. The molecule has 3 aliphatic rings. The summed E-state index contributed by atoms with van der Waals surface area (Å²) in [5, 5.41) is 19.4. The van der Waals surface area contributed by atoms with Crippen LogP contribution in [-0.4, -0.2) is 35.1 Å². The smallest absolute Gasteiger partial charge is 0.0612 e. The average Bonchev–Trinajstić information content (AvgIpc) is 3.25. The molecule has 2 aliphatic heterocycles. The van der Waals surface area contributed by atoms with E-state index in [4.69, 9.17) is 9.84 Å². The number of hydrogen-bond donors (Lipinski definition) is 2. The Morgan fingerprint density at radius 3 is 2.32 bits per heavy atom. The monoisotopic (exact) mass is 350 g/mol. The third-order valence-corrected chi connectivity index (χ3v) is 7.01. The largest absolute Gasteiger partial charge is 0.393 e. The van der Waals surface area contributed by atoms with Crippen LogP contribution >= 0.6 is 0 Å². The van der Waals surface area contributed by atoms with Gasteiger partial charge in [-0.1, -0.05) is 37.8 Å². The molecular weight excluding hydrogens is 312 g/mol. The molecule has 0 aromatic heterocycles. The Hall–Kier alpha value is -0.380. The molecule has 3 fully saturated rings. The van der Waals surface area contributed by atoms with Crippen LogP contribution in [0.25, 0.3) is 0 Å². The SMILES string of the molecule is OCC=CCCCCC1C2CCC(O2)C1CCC(O)C1CCCCC1. The topological polar surface area (TPSA) is 49.7 Å². The summed E-state index contributed by atoms with van der Waals surface area (Å²) >= 11 is 0. The van der Waals surface area contributed by atoms with Crippen molar-refractivity contribution in [3.63, 3.8) is 0 Å². The van der Waals surface area contributed by atoms with Crippen molar-refractivity contribution < 1.29 is 14.9 Å². The summed E-state index contributed by atoms with van der Waals surface area (Å²) in [6.07, 6.45) is 20.7. The van der Waals surface area contributed by atoms with Gasteiger partial charge < -0.3 is 14.9 Å². The Morgan fingerprint density at radius 2 is 1.60 bits per heavy atom. The maximum atomic E-state index is 10.6. The van der Waals surface area contributed by atoms with Gasteiger partial charge in [-0.25, -0.2) is 0 Å². The van der Waals surface area contributed by atoms with E-state index in [1.165, 1.54) is 64.2 Å². The summed E-state index contributed by atoms with van der Waals surface area (Å²) in [5.74, 6) is 1.97. The number of allylic oxidation sites excluding steroid dienone is 1. The molecule has 25 heavy (non-hydrogen) atoms. The second-order valence-corrected chi connectivity index (χ2v) is 8.60. The normalized spacial score (nSPS) is 34.2. The van der Waals surface area contributed by atoms with E-state index in [1.807, 2.05) is 6.08 Å². The van der Waals surface area contributed by atoms with E-state index in [9.17, 15) is 5.11 Å². The van der Waals surface area contributed by atoms with Crippen LogP contribution in [0.4, 0.5) is 0 Å². The molecule has 5 unspecified atom stereocenters. The highest BCUT2D eigenvalue weighted by molar-refractivity contribution is 4.96. The van der Waals surface area contributed by atoms with Crippen LogP contribution in [0.2, 0.25) is 0 Å². The molecule has 2 heterocycles. The van der Waals surface area contributed by atoms with Crippen LogP contribution < -0.4 is 0 Å². The molecule has 144 valence electrons. The molecule has 0 radical (unpaired) electrons. The predicted molar refractivity (Wildman–Crippen MR) is 101 cm³/mol. The molecule has 2 saturated heterocycles. The lowest BCUT2D eigenvalue weighted by molar-refractivity contribution is 0.0606. The van der Waals surface area contributed by atoms with Crippen molar-refractivity contribution in [1.82, 2.24) is 0 Å². The summed E-state index contributed by atoms with van der Waals surface area (Å²) in [6, 6.07) is 0. The molecule has 5 atom stereocenters. The first-order valence-electron chi connectivity index (χ1n) is 10.9. The van der Waals surface area contributed by atoms with Gasteiger partial charge in [0.15, 0.2) is 0 Å². The molecule has 2 N–H and O–H groups in total. The number of aliphatic hydroxyl groups is 2. The third kappa shape index (κ3) is 5.30. The molecule has 2 bridgehead atoms. The van der Waals surface area contributed by atoms with Gasteiger partial charge >= 0.3 is 0 Å². The Bertz CT molecular complexity index is 402. The third-order valence-electron chi connectivity index (χ3n) is 7.01. The molecule has 0 aromatic rings. The Kier molecular flexibility index (Phi) is 7.82. The van der Waals surface area contributed by atoms with Crippen molar-refractivity contribution in [2.24, 2.45) is 17.8 Å². The van der Waals surface area contributed by atoms with Crippen molar-refractivity contribution in [3.05, 3.63) is 12.2 Å². The van der Waals surface area contributed by atoms with Gasteiger partial charge in [0, 0.05) is 0 Å². The number of unbranched alkanes of at least 4 members (excludes halogenated alkanes) is 2. The zero-order valence-corrected chi connectivity index (χ0v) is 15.8. The van der Waals surface area contributed by atoms with Gasteiger partial charge in [-0.05, 0) is 75.5 Å². The van der Waals surface area contributed by atoms with Gasteiger partial charge in [0.05, 0.1) is 24.9 Å². The number of hydrogen-bond acceptors (Lipinski definition) is 3. The maximum absolute atomic E-state index is 10.6. The second-order valence-electron chi connectivity index (χ2n) is 8.60. The van der Waals surface area contributed by atoms with Gasteiger partial charge in [-0.2, -0.15) is 0 Å². The van der Waals surface area contributed by atoms with E-state index in [-0.39, 0.29) is 12.7 Å². The van der Waals surface area contributed by atoms with E-state index >= 15 is 0 Å². The lowest BCUT2D eigenvalue weighted by Gasteiger charge is -2.31. The van der Waals surface area contributed by atoms with Crippen molar-refractivity contribution in [2.45, 2.75) is 102 Å². The van der Waals surface area contributed by atoms with Gasteiger partial charge in [-0.3, -0.25) is 0 Å². The summed E-state index contributed by atoms with van der Waals surface area (Å²) in [6.45, 7) is 0.158. The van der Waals surface area contributed by atoms with Crippen LogP contribution in [0.5, 0.6) is 0 Å². The standard InChI is InChI=1S/C22H38O3/c23-16-8-3-1-2-7-11-18-19(22-15-14-21(18)25-22)12-13-20(24)17-9-5-4-6-10-17/h3,8,17-24H,1-2,4-7,9-16H2. The van der Waals surface area contributed by atoms with Crippen molar-refractivity contribution in [3.8, 4) is 0 Å². The van der Waals surface area contributed by atoms with Crippen LogP contribution in [0, 0.1) is 17.8 Å². The molecular formula is C22H38O3. The highest BCUT2D eigenvalue weighted by Gasteiger charge is 2.47. The number of rotatable bonds is 10. The summed E-state index contributed by atoms with van der Waals surface area (Å²) < 4.78 is 6.24. The fourth-order valence-corrected chi connectivity index (χ4v) is 5.62. The lowest BCUT2D eigenvalue weighted by Crippen LogP contribution is -2.30. The summed E-state index contributed by atoms with van der Waals surface area (Å²) in [7, 11) is 0. The fraction of sp³-hybridized carbons (Fsp3) is 0.909. The molecule has 0 aromatic carbocycles. The van der Waals surface area contributed by atoms with Crippen LogP contribution in [0.15, 0.2) is 12.2 Å². The molecule has 3 heteroatoms. The van der Waals surface area contributed by atoms with Gasteiger partial charge in [0.1, 0.15) is 0 Å². The molecule has 3 rings (SSSR count). The highest BCUT2D eigenvalue weighted by Crippen LogP contribution is 2.48. The lowest BCUT2D eigenvalue weighted by atomic mass is 9.73. The van der Waals surface area contributed by atoms with Crippen molar-refractivity contribution in [1.29, 1.82) is 0 Å².